The predicted octanol–water partition coefficient (Wildman–Crippen LogP) is 3.96. The van der Waals surface area contributed by atoms with Crippen molar-refractivity contribution in [3.63, 3.8) is 0 Å². The highest BCUT2D eigenvalue weighted by Crippen LogP contribution is 2.18. The van der Waals surface area contributed by atoms with Crippen LogP contribution in [0.25, 0.3) is 0 Å². The van der Waals surface area contributed by atoms with E-state index in [1.165, 1.54) is 37.1 Å². The lowest BCUT2D eigenvalue weighted by Crippen LogP contribution is -2.25. The lowest BCUT2D eigenvalue weighted by atomic mass is 10.00. The quantitative estimate of drug-likeness (QED) is 0.738. The molecule has 1 aliphatic carbocycles. The van der Waals surface area contributed by atoms with Gasteiger partial charge in [0.05, 0.1) is 0 Å². The molecule has 2 nitrogen and oxygen atoms in total. The number of thiocarbonyl (C=S) groups is 1. The number of hydrogen-bond acceptors (Lipinski definition) is 3. The summed E-state index contributed by atoms with van der Waals surface area (Å²) in [4.78, 5) is 3.50. The average Bonchev–Trinajstić information content (AvgIpc) is 3.02. The van der Waals surface area contributed by atoms with Crippen molar-refractivity contribution in [3.05, 3.63) is 53.6 Å². The van der Waals surface area contributed by atoms with Gasteiger partial charge in [0.1, 0.15) is 12.4 Å². The van der Waals surface area contributed by atoms with Crippen molar-refractivity contribution in [2.75, 3.05) is 26.2 Å². The van der Waals surface area contributed by atoms with E-state index in [1.807, 2.05) is 0 Å². The maximum absolute atomic E-state index is 5.84. The van der Waals surface area contributed by atoms with Crippen LogP contribution in [0.4, 0.5) is 0 Å². The van der Waals surface area contributed by atoms with Crippen LogP contribution in [-0.2, 0) is 6.42 Å². The van der Waals surface area contributed by atoms with Gasteiger partial charge in [-0.2, -0.15) is 0 Å². The van der Waals surface area contributed by atoms with Gasteiger partial charge in [0.25, 0.3) is 0 Å². The van der Waals surface area contributed by atoms with Crippen LogP contribution in [-0.4, -0.2) is 36.0 Å². The molecule has 116 valence electrons. The second-order valence-corrected chi connectivity index (χ2v) is 6.53. The highest BCUT2D eigenvalue weighted by molar-refractivity contribution is 7.80. The van der Waals surface area contributed by atoms with Gasteiger partial charge in [-0.05, 0) is 61.7 Å². The first-order chi connectivity index (χ1) is 10.8. The fraction of sp³-hybridized carbons (Fsp3) is 0.421. The topological polar surface area (TPSA) is 12.5 Å². The molecule has 0 spiro atoms. The molecule has 1 saturated heterocycles. The fourth-order valence-electron chi connectivity index (χ4n) is 2.99. The molecule has 0 bridgehead atoms. The van der Waals surface area contributed by atoms with E-state index >= 15 is 0 Å². The Labute approximate surface area is 138 Å². The monoisotopic (exact) mass is 313 g/mol. The molecule has 0 N–H and O–H groups in total. The van der Waals surface area contributed by atoms with Crippen molar-refractivity contribution in [1.29, 1.82) is 0 Å². The van der Waals surface area contributed by atoms with Gasteiger partial charge < -0.3 is 4.74 Å². The van der Waals surface area contributed by atoms with Gasteiger partial charge in [0.15, 0.2) is 0 Å². The second kappa shape index (κ2) is 7.70. The smallest absolute Gasteiger partial charge is 0.119 e. The molecule has 3 rings (SSSR count). The molecule has 0 amide bonds. The van der Waals surface area contributed by atoms with Crippen molar-refractivity contribution >= 4 is 17.1 Å². The van der Waals surface area contributed by atoms with Crippen molar-refractivity contribution in [3.8, 4) is 5.75 Å². The first-order valence-electron chi connectivity index (χ1n) is 8.14. The molecule has 0 aromatic heterocycles. The molecule has 22 heavy (non-hydrogen) atoms. The minimum Gasteiger partial charge on any atom is -0.492 e. The highest BCUT2D eigenvalue weighted by atomic mass is 32.1. The van der Waals surface area contributed by atoms with Gasteiger partial charge >= 0.3 is 0 Å². The molecule has 1 heterocycles. The van der Waals surface area contributed by atoms with Crippen molar-refractivity contribution in [1.82, 2.24) is 4.90 Å². The Morgan fingerprint density at radius 3 is 2.59 bits per heavy atom. The summed E-state index contributed by atoms with van der Waals surface area (Å²) in [6, 6.07) is 8.45. The average molecular weight is 313 g/mol. The Balaban J connectivity index is 1.47. The van der Waals surface area contributed by atoms with Crippen molar-refractivity contribution in [2.24, 2.45) is 0 Å². The zero-order chi connectivity index (χ0) is 15.2. The van der Waals surface area contributed by atoms with Gasteiger partial charge in [-0.25, -0.2) is 0 Å². The van der Waals surface area contributed by atoms with E-state index in [1.54, 1.807) is 0 Å². The molecule has 1 aliphatic heterocycles. The van der Waals surface area contributed by atoms with Gasteiger partial charge in [0.2, 0.25) is 0 Å². The zero-order valence-electron chi connectivity index (χ0n) is 13.0. The van der Waals surface area contributed by atoms with Gasteiger partial charge in [-0.1, -0.05) is 36.5 Å². The minimum absolute atomic E-state index is 0.779. The van der Waals surface area contributed by atoms with Crippen LogP contribution in [0.3, 0.4) is 0 Å². The van der Waals surface area contributed by atoms with E-state index in [9.17, 15) is 0 Å². The van der Waals surface area contributed by atoms with E-state index in [2.05, 4.69) is 47.4 Å². The Hall–Kier alpha value is -1.45. The first kappa shape index (κ1) is 15.4. The molecular weight excluding hydrogens is 290 g/mol. The molecule has 0 unspecified atom stereocenters. The van der Waals surface area contributed by atoms with Gasteiger partial charge in [0, 0.05) is 17.8 Å². The van der Waals surface area contributed by atoms with E-state index in [0.29, 0.717) is 0 Å². The van der Waals surface area contributed by atoms with Crippen LogP contribution < -0.4 is 4.74 Å². The normalized spacial score (nSPS) is 18.5. The zero-order valence-corrected chi connectivity index (χ0v) is 13.8. The van der Waals surface area contributed by atoms with Crippen LogP contribution in [0.15, 0.2) is 48.1 Å². The number of ether oxygens (including phenoxy) is 1. The van der Waals surface area contributed by atoms with Gasteiger partial charge in [-0.15, -0.1) is 0 Å². The molecule has 3 heteroatoms. The lowest BCUT2D eigenvalue weighted by Gasteiger charge is -2.15. The van der Waals surface area contributed by atoms with Crippen LogP contribution >= 0.6 is 12.2 Å². The second-order valence-electron chi connectivity index (χ2n) is 6.01. The number of likely N-dealkylation sites (tertiary alicyclic amines) is 1. The van der Waals surface area contributed by atoms with E-state index in [-0.39, 0.29) is 0 Å². The van der Waals surface area contributed by atoms with E-state index in [4.69, 9.17) is 17.0 Å². The Bertz CT molecular complexity index is 568. The summed E-state index contributed by atoms with van der Waals surface area (Å²) < 4.78 is 5.84. The third-order valence-corrected chi connectivity index (χ3v) is 4.49. The van der Waals surface area contributed by atoms with E-state index in [0.717, 1.165) is 36.6 Å². The maximum Gasteiger partial charge on any atom is 0.119 e. The molecule has 2 aliphatic rings. The van der Waals surface area contributed by atoms with E-state index < -0.39 is 0 Å². The van der Waals surface area contributed by atoms with Crippen LogP contribution in [0, 0.1) is 0 Å². The number of hydrogen-bond donors (Lipinski definition) is 0. The Morgan fingerprint density at radius 2 is 1.86 bits per heavy atom. The molecule has 1 aromatic carbocycles. The summed E-state index contributed by atoms with van der Waals surface area (Å²) in [7, 11) is 0. The molecule has 0 atom stereocenters. The first-order valence-corrected chi connectivity index (χ1v) is 8.54. The number of rotatable bonds is 6. The van der Waals surface area contributed by atoms with Crippen LogP contribution in [0.1, 0.15) is 24.8 Å². The molecule has 1 aromatic rings. The maximum atomic E-state index is 5.84. The fourth-order valence-corrected chi connectivity index (χ4v) is 3.24. The predicted molar refractivity (Wildman–Crippen MR) is 95.8 cm³/mol. The molecule has 1 fully saturated rings. The third kappa shape index (κ3) is 4.52. The standard InChI is InChI=1S/C19H23NOS/c22-19-5-3-4-17(15-19)14-16-6-8-18(9-7-16)21-13-12-20-10-1-2-11-20/h3-4,6-9,15H,1-2,5,10-14H2. The SMILES string of the molecule is S=C1C=C(Cc2ccc(OCCN3CCCC3)cc2)C=CC1. The Kier molecular flexibility index (Phi) is 5.41. The van der Waals surface area contributed by atoms with Crippen LogP contribution in [0.5, 0.6) is 5.75 Å². The van der Waals surface area contributed by atoms with Gasteiger partial charge in [-0.3, -0.25) is 4.90 Å². The summed E-state index contributed by atoms with van der Waals surface area (Å²) in [5.74, 6) is 0.964. The molecule has 0 radical (unpaired) electrons. The Morgan fingerprint density at radius 1 is 1.09 bits per heavy atom. The number of benzene rings is 1. The summed E-state index contributed by atoms with van der Waals surface area (Å²) in [6.07, 6.45) is 11.0. The van der Waals surface area contributed by atoms with Crippen LogP contribution in [0.2, 0.25) is 0 Å². The summed E-state index contributed by atoms with van der Waals surface area (Å²) in [5.41, 5.74) is 2.59. The lowest BCUT2D eigenvalue weighted by molar-refractivity contribution is 0.238. The summed E-state index contributed by atoms with van der Waals surface area (Å²) in [6.45, 7) is 4.28. The number of nitrogens with zero attached hydrogens (tertiary/aromatic N) is 1. The summed E-state index contributed by atoms with van der Waals surface area (Å²) >= 11 is 5.26. The molecule has 0 saturated carbocycles. The third-order valence-electron chi connectivity index (χ3n) is 4.20. The largest absolute Gasteiger partial charge is 0.492 e. The summed E-state index contributed by atoms with van der Waals surface area (Å²) in [5, 5.41) is 0. The number of allylic oxidation sites excluding steroid dienone is 4. The van der Waals surface area contributed by atoms with Crippen molar-refractivity contribution < 1.29 is 4.74 Å². The van der Waals surface area contributed by atoms with Crippen molar-refractivity contribution in [2.45, 2.75) is 25.7 Å². The minimum atomic E-state index is 0.779. The highest BCUT2D eigenvalue weighted by Gasteiger charge is 2.10. The molecular formula is C19H23NOS.